The number of hydrogen-bond donors (Lipinski definition) is 0. The van der Waals surface area contributed by atoms with Crippen LogP contribution >= 0.6 is 0 Å². The lowest BCUT2D eigenvalue weighted by molar-refractivity contribution is -0.136. The van der Waals surface area contributed by atoms with Crippen molar-refractivity contribution in [3.8, 4) is 34.5 Å². The molecule has 14 nitrogen and oxygen atoms in total. The molecule has 8 rings (SSSR count). The molecule has 0 bridgehead atoms. The van der Waals surface area contributed by atoms with Crippen LogP contribution in [-0.4, -0.2) is 87.4 Å². The SMILES string of the molecule is CCOc1ccc(N2C(=O)[C@H]3[C@@H](c4cc(OC)ccc4OC)N4[C@H]5C(=O)N(c6ccc(OCC)cc6)C(=O)[C@H]5[C@@H](c5cc(OC)ccc5OC)N4[C@H]3C2=O)cc1. The number of carbonyl (C=O) groups is 4. The molecular weight excluding hydrogens is 720 g/mol. The van der Waals surface area contributed by atoms with Crippen molar-refractivity contribution in [3.05, 3.63) is 96.1 Å². The van der Waals surface area contributed by atoms with E-state index in [9.17, 15) is 9.59 Å². The van der Waals surface area contributed by atoms with Crippen LogP contribution < -0.4 is 38.2 Å². The number of nitrogens with zero attached hydrogens (tertiary/aromatic N) is 4. The molecule has 56 heavy (non-hydrogen) atoms. The Labute approximate surface area is 323 Å². The van der Waals surface area contributed by atoms with Crippen LogP contribution in [0, 0.1) is 11.8 Å². The lowest BCUT2D eigenvalue weighted by atomic mass is 9.83. The Kier molecular flexibility index (Phi) is 9.54. The zero-order chi connectivity index (χ0) is 39.4. The second kappa shape index (κ2) is 14.5. The third kappa shape index (κ3) is 5.54. The molecule has 0 saturated carbocycles. The first-order valence-corrected chi connectivity index (χ1v) is 18.4. The van der Waals surface area contributed by atoms with Crippen LogP contribution in [0.25, 0.3) is 0 Å². The highest BCUT2D eigenvalue weighted by molar-refractivity contribution is 6.26. The molecule has 0 spiro atoms. The molecule has 0 N–H and O–H groups in total. The van der Waals surface area contributed by atoms with Gasteiger partial charge in [0.15, 0.2) is 0 Å². The monoisotopic (exact) mass is 762 g/mol. The van der Waals surface area contributed by atoms with E-state index in [-0.39, 0.29) is 0 Å². The summed E-state index contributed by atoms with van der Waals surface area (Å²) in [6.45, 7) is 4.64. The third-order valence-corrected chi connectivity index (χ3v) is 11.0. The van der Waals surface area contributed by atoms with E-state index in [1.54, 1.807) is 94.9 Å². The van der Waals surface area contributed by atoms with E-state index in [1.165, 1.54) is 38.2 Å². The van der Waals surface area contributed by atoms with Gasteiger partial charge in [-0.1, -0.05) is 0 Å². The normalized spacial score (nSPS) is 24.3. The Hall–Kier alpha value is -6.12. The van der Waals surface area contributed by atoms with Crippen molar-refractivity contribution in [2.75, 3.05) is 51.5 Å². The van der Waals surface area contributed by atoms with Gasteiger partial charge >= 0.3 is 0 Å². The van der Waals surface area contributed by atoms with Gasteiger partial charge in [0.1, 0.15) is 46.6 Å². The fraction of sp³-hybridized carbons (Fsp3) is 0.333. The zero-order valence-electron chi connectivity index (χ0n) is 31.8. The summed E-state index contributed by atoms with van der Waals surface area (Å²) in [4.78, 5) is 62.4. The molecule has 4 saturated heterocycles. The fourth-order valence-corrected chi connectivity index (χ4v) is 8.82. The highest BCUT2D eigenvalue weighted by Crippen LogP contribution is 2.61. The van der Waals surface area contributed by atoms with Gasteiger partial charge in [-0.15, -0.1) is 0 Å². The van der Waals surface area contributed by atoms with Gasteiger partial charge in [0, 0.05) is 11.1 Å². The smallest absolute Gasteiger partial charge is 0.253 e. The number of fused-ring (bicyclic) bond motifs is 5. The number of benzene rings is 4. The summed E-state index contributed by atoms with van der Waals surface area (Å²) in [6.07, 6.45) is 0. The number of hydrogen-bond acceptors (Lipinski definition) is 12. The molecule has 290 valence electrons. The number of ether oxygens (including phenoxy) is 6. The molecule has 0 aliphatic carbocycles. The summed E-state index contributed by atoms with van der Waals surface area (Å²) in [5.41, 5.74) is 1.75. The summed E-state index contributed by atoms with van der Waals surface area (Å²) in [5, 5.41) is 3.53. The average molecular weight is 763 g/mol. The topological polar surface area (TPSA) is 137 Å². The molecule has 0 aromatic heterocycles. The van der Waals surface area contributed by atoms with Crippen molar-refractivity contribution < 1.29 is 47.6 Å². The first kappa shape index (κ1) is 36.8. The summed E-state index contributed by atoms with van der Waals surface area (Å²) in [6, 6.07) is 19.7. The van der Waals surface area contributed by atoms with Gasteiger partial charge in [0.2, 0.25) is 11.8 Å². The van der Waals surface area contributed by atoms with E-state index in [0.717, 1.165) is 0 Å². The third-order valence-electron chi connectivity index (χ3n) is 11.0. The zero-order valence-corrected chi connectivity index (χ0v) is 31.8. The summed E-state index contributed by atoms with van der Waals surface area (Å²) >= 11 is 0. The van der Waals surface area contributed by atoms with Crippen LogP contribution in [-0.2, 0) is 19.2 Å². The molecule has 0 unspecified atom stereocenters. The number of carbonyl (C=O) groups excluding carboxylic acids is 4. The highest BCUT2D eigenvalue weighted by Gasteiger charge is 2.74. The molecule has 4 aromatic carbocycles. The minimum atomic E-state index is -1.14. The Balaban J connectivity index is 1.35. The van der Waals surface area contributed by atoms with Gasteiger partial charge in [0.05, 0.1) is 76.9 Å². The molecule has 4 fully saturated rings. The van der Waals surface area contributed by atoms with Gasteiger partial charge in [-0.25, -0.2) is 19.8 Å². The van der Waals surface area contributed by atoms with Crippen LogP contribution in [0.4, 0.5) is 11.4 Å². The predicted octanol–water partition coefficient (Wildman–Crippen LogP) is 4.96. The van der Waals surface area contributed by atoms with Gasteiger partial charge < -0.3 is 28.4 Å². The maximum atomic E-state index is 15.0. The molecule has 4 aliphatic heterocycles. The molecule has 0 radical (unpaired) electrons. The van der Waals surface area contributed by atoms with E-state index in [1.807, 2.05) is 13.8 Å². The van der Waals surface area contributed by atoms with Crippen molar-refractivity contribution in [1.82, 2.24) is 10.0 Å². The standard InChI is InChI=1S/C42H42N4O10/c1-7-55-25-13-9-23(10-14-25)43-39(47)33-35(29-21-27(51-3)17-19-31(29)53-5)46-38-34(40(48)44(42(38)50)24-11-15-26(16-12-24)56-8-2)36(45(46)37(33)41(43)49)30-22-28(52-4)18-20-32(30)54-6/h9-22,33-38H,7-8H2,1-6H3/t33-,34-,35+,36+,37+,38+/m0/s1. The van der Waals surface area contributed by atoms with Crippen LogP contribution in [0.2, 0.25) is 0 Å². The largest absolute Gasteiger partial charge is 0.497 e. The van der Waals surface area contributed by atoms with Gasteiger partial charge in [-0.3, -0.25) is 19.2 Å². The molecular formula is C42H42N4O10. The number of amides is 4. The Morgan fingerprint density at radius 1 is 0.446 bits per heavy atom. The predicted molar refractivity (Wildman–Crippen MR) is 203 cm³/mol. The summed E-state index contributed by atoms with van der Waals surface area (Å²) < 4.78 is 34.3. The fourth-order valence-electron chi connectivity index (χ4n) is 8.82. The number of hydrazine groups is 1. The molecule has 6 atom stereocenters. The van der Waals surface area contributed by atoms with E-state index < -0.39 is 59.6 Å². The maximum absolute atomic E-state index is 15.0. The van der Waals surface area contributed by atoms with Crippen molar-refractivity contribution in [1.29, 1.82) is 0 Å². The van der Waals surface area contributed by atoms with Gasteiger partial charge in [0.25, 0.3) is 11.8 Å². The second-order valence-electron chi connectivity index (χ2n) is 13.7. The van der Waals surface area contributed by atoms with E-state index in [2.05, 4.69) is 0 Å². The van der Waals surface area contributed by atoms with Crippen LogP contribution in [0.3, 0.4) is 0 Å². The molecule has 4 heterocycles. The molecule has 4 aromatic rings. The Morgan fingerprint density at radius 3 is 1.12 bits per heavy atom. The van der Waals surface area contributed by atoms with Crippen molar-refractivity contribution >= 4 is 35.0 Å². The van der Waals surface area contributed by atoms with Crippen molar-refractivity contribution in [3.63, 3.8) is 0 Å². The average Bonchev–Trinajstić information content (AvgIpc) is 3.89. The number of anilines is 2. The maximum Gasteiger partial charge on any atom is 0.253 e. The number of methoxy groups -OCH3 is 4. The van der Waals surface area contributed by atoms with E-state index >= 15 is 9.59 Å². The second-order valence-corrected chi connectivity index (χ2v) is 13.7. The molecule has 4 amide bonds. The first-order chi connectivity index (χ1) is 27.2. The quantitative estimate of drug-likeness (QED) is 0.181. The van der Waals surface area contributed by atoms with Crippen molar-refractivity contribution in [2.24, 2.45) is 11.8 Å². The van der Waals surface area contributed by atoms with Crippen LogP contribution in [0.1, 0.15) is 37.1 Å². The van der Waals surface area contributed by atoms with Gasteiger partial charge in [-0.05, 0) is 98.8 Å². The van der Waals surface area contributed by atoms with Crippen LogP contribution in [0.15, 0.2) is 84.9 Å². The summed E-state index contributed by atoms with van der Waals surface area (Å²) in [5.74, 6) is -1.09. The lowest BCUT2D eigenvalue weighted by Gasteiger charge is -2.36. The van der Waals surface area contributed by atoms with E-state index in [4.69, 9.17) is 28.4 Å². The minimum Gasteiger partial charge on any atom is -0.497 e. The van der Waals surface area contributed by atoms with Crippen molar-refractivity contribution in [2.45, 2.75) is 38.0 Å². The van der Waals surface area contributed by atoms with E-state index in [0.29, 0.717) is 70.2 Å². The van der Waals surface area contributed by atoms with Gasteiger partial charge in [-0.2, -0.15) is 0 Å². The highest BCUT2D eigenvalue weighted by atomic mass is 16.5. The first-order valence-electron chi connectivity index (χ1n) is 18.4. The number of rotatable bonds is 12. The number of imide groups is 2. The lowest BCUT2D eigenvalue weighted by Crippen LogP contribution is -2.50. The Bertz CT molecular complexity index is 2040. The molecule has 14 heteroatoms. The summed E-state index contributed by atoms with van der Waals surface area (Å²) in [7, 11) is 6.08. The van der Waals surface area contributed by atoms with Crippen LogP contribution in [0.5, 0.6) is 34.5 Å². The molecule has 4 aliphatic rings. The minimum absolute atomic E-state index is 0.365. The Morgan fingerprint density at radius 2 is 0.804 bits per heavy atom.